The van der Waals surface area contributed by atoms with Crippen LogP contribution in [-0.4, -0.2) is 33.8 Å². The number of nitrogens with one attached hydrogen (secondary N) is 1. The van der Waals surface area contributed by atoms with Crippen LogP contribution < -0.4 is 5.32 Å². The van der Waals surface area contributed by atoms with Gasteiger partial charge in [0.2, 0.25) is 5.91 Å². The van der Waals surface area contributed by atoms with Gasteiger partial charge in [-0.3, -0.25) is 19.3 Å². The Kier molecular flexibility index (Phi) is 4.38. The van der Waals surface area contributed by atoms with Crippen molar-refractivity contribution in [2.75, 3.05) is 5.32 Å². The third-order valence-electron chi connectivity index (χ3n) is 4.52. The quantitative estimate of drug-likeness (QED) is 0.835. The van der Waals surface area contributed by atoms with Crippen LogP contribution in [0.25, 0.3) is 5.57 Å². The summed E-state index contributed by atoms with van der Waals surface area (Å²) in [5.74, 6) is -1.72. The Morgan fingerprint density at radius 1 is 1.08 bits per heavy atom. The zero-order valence-electron chi connectivity index (χ0n) is 13.5. The number of rotatable bonds is 3. The summed E-state index contributed by atoms with van der Waals surface area (Å²) in [7, 11) is 0. The van der Waals surface area contributed by atoms with E-state index in [1.54, 1.807) is 24.3 Å². The number of nitrogens with zero attached hydrogens (tertiary/aromatic N) is 1. The molecule has 1 aromatic carbocycles. The summed E-state index contributed by atoms with van der Waals surface area (Å²) in [6.45, 7) is 1.41. The minimum Gasteiger partial charge on any atom is -0.502 e. The molecule has 1 aliphatic carbocycles. The van der Waals surface area contributed by atoms with Crippen molar-refractivity contribution in [3.63, 3.8) is 0 Å². The van der Waals surface area contributed by atoms with E-state index in [0.717, 1.165) is 32.1 Å². The van der Waals surface area contributed by atoms with Crippen LogP contribution in [0.5, 0.6) is 0 Å². The molecular weight excluding hydrogens is 308 g/mol. The Morgan fingerprint density at radius 2 is 1.71 bits per heavy atom. The first-order chi connectivity index (χ1) is 11.5. The molecule has 3 amide bonds. The molecule has 24 heavy (non-hydrogen) atoms. The van der Waals surface area contributed by atoms with E-state index in [9.17, 15) is 19.5 Å². The van der Waals surface area contributed by atoms with Gasteiger partial charge in [-0.1, -0.05) is 31.4 Å². The Morgan fingerprint density at radius 3 is 2.29 bits per heavy atom. The first-order valence-corrected chi connectivity index (χ1v) is 8.18. The number of carbonyl (C=O) groups excluding carboxylic acids is 3. The second kappa shape index (κ2) is 6.47. The molecule has 0 atom stereocenters. The molecule has 1 fully saturated rings. The van der Waals surface area contributed by atoms with E-state index in [1.165, 1.54) is 11.8 Å². The van der Waals surface area contributed by atoms with Crippen molar-refractivity contribution < 1.29 is 19.5 Å². The van der Waals surface area contributed by atoms with Crippen LogP contribution in [0.15, 0.2) is 30.0 Å². The van der Waals surface area contributed by atoms with Gasteiger partial charge in [0.1, 0.15) is 0 Å². The van der Waals surface area contributed by atoms with Crippen LogP contribution in [0, 0.1) is 0 Å². The number of hydrogen-bond donors (Lipinski definition) is 2. The van der Waals surface area contributed by atoms with Gasteiger partial charge in [0, 0.05) is 18.7 Å². The predicted molar refractivity (Wildman–Crippen MR) is 89.0 cm³/mol. The van der Waals surface area contributed by atoms with E-state index >= 15 is 0 Å². The average Bonchev–Trinajstić information content (AvgIpc) is 2.78. The van der Waals surface area contributed by atoms with Gasteiger partial charge in [-0.15, -0.1) is 0 Å². The number of benzene rings is 1. The molecule has 0 radical (unpaired) electrons. The Hall–Kier alpha value is -2.63. The molecule has 1 aromatic rings. The molecule has 2 N–H and O–H groups in total. The molecule has 0 bridgehead atoms. The summed E-state index contributed by atoms with van der Waals surface area (Å²) < 4.78 is 0. The van der Waals surface area contributed by atoms with E-state index in [2.05, 4.69) is 5.32 Å². The number of carbonyl (C=O) groups is 3. The molecule has 0 aromatic heterocycles. The summed E-state index contributed by atoms with van der Waals surface area (Å²) in [6.07, 6.45) is 4.68. The number of aliphatic hydroxyl groups excluding tert-OH is 1. The monoisotopic (exact) mass is 328 g/mol. The summed E-state index contributed by atoms with van der Waals surface area (Å²) in [5.41, 5.74) is 1.10. The van der Waals surface area contributed by atoms with Crippen molar-refractivity contribution >= 4 is 29.0 Å². The predicted octanol–water partition coefficient (Wildman–Crippen LogP) is 2.62. The minimum atomic E-state index is -0.604. The van der Waals surface area contributed by atoms with Crippen molar-refractivity contribution in [1.29, 1.82) is 0 Å². The lowest BCUT2D eigenvalue weighted by Crippen LogP contribution is -2.42. The van der Waals surface area contributed by atoms with Gasteiger partial charge >= 0.3 is 0 Å². The molecule has 6 nitrogen and oxygen atoms in total. The Balaban J connectivity index is 1.86. The van der Waals surface area contributed by atoms with Crippen molar-refractivity contribution in [2.24, 2.45) is 0 Å². The summed E-state index contributed by atoms with van der Waals surface area (Å²) >= 11 is 0. The molecule has 1 saturated carbocycles. The molecule has 2 aliphatic rings. The number of hydrogen-bond acceptors (Lipinski definition) is 4. The Labute approximate surface area is 140 Å². The maximum absolute atomic E-state index is 12.7. The highest BCUT2D eigenvalue weighted by Gasteiger charge is 2.43. The zero-order chi connectivity index (χ0) is 17.3. The van der Waals surface area contributed by atoms with E-state index in [1.807, 2.05) is 0 Å². The van der Waals surface area contributed by atoms with Gasteiger partial charge in [0.25, 0.3) is 11.8 Å². The van der Waals surface area contributed by atoms with Crippen LogP contribution in [0.4, 0.5) is 5.69 Å². The van der Waals surface area contributed by atoms with E-state index in [0.29, 0.717) is 11.3 Å². The van der Waals surface area contributed by atoms with Gasteiger partial charge in [-0.2, -0.15) is 0 Å². The second-order valence-electron chi connectivity index (χ2n) is 6.25. The number of amides is 3. The van der Waals surface area contributed by atoms with Crippen LogP contribution in [0.2, 0.25) is 0 Å². The minimum absolute atomic E-state index is 0.0416. The highest BCUT2D eigenvalue weighted by molar-refractivity contribution is 6.35. The SMILES string of the molecule is CC(=O)Nc1ccc(C2=C(O)C(=O)N(C3CCCCC3)C2=O)cc1. The van der Waals surface area contributed by atoms with E-state index in [-0.39, 0.29) is 17.5 Å². The standard InChI is InChI=1S/C18H20N2O4/c1-11(21)19-13-9-7-12(8-10-13)15-16(22)18(24)20(17(15)23)14-5-3-2-4-6-14/h7-10,14,22H,2-6H2,1H3,(H,19,21). The van der Waals surface area contributed by atoms with E-state index < -0.39 is 17.6 Å². The fraction of sp³-hybridized carbons (Fsp3) is 0.389. The largest absolute Gasteiger partial charge is 0.502 e. The average molecular weight is 328 g/mol. The molecule has 0 saturated heterocycles. The van der Waals surface area contributed by atoms with Crippen LogP contribution in [0.3, 0.4) is 0 Å². The highest BCUT2D eigenvalue weighted by atomic mass is 16.3. The molecule has 126 valence electrons. The lowest BCUT2D eigenvalue weighted by atomic mass is 9.94. The molecule has 0 unspecified atom stereocenters. The van der Waals surface area contributed by atoms with Crippen LogP contribution >= 0.6 is 0 Å². The molecule has 1 aliphatic heterocycles. The van der Waals surface area contributed by atoms with Gasteiger partial charge in [0.15, 0.2) is 5.76 Å². The van der Waals surface area contributed by atoms with Gasteiger partial charge in [-0.05, 0) is 30.5 Å². The fourth-order valence-corrected chi connectivity index (χ4v) is 3.39. The van der Waals surface area contributed by atoms with Crippen LogP contribution in [-0.2, 0) is 14.4 Å². The van der Waals surface area contributed by atoms with Gasteiger partial charge in [0.05, 0.1) is 5.57 Å². The molecule has 3 rings (SSSR count). The first-order valence-electron chi connectivity index (χ1n) is 8.18. The van der Waals surface area contributed by atoms with Crippen molar-refractivity contribution in [1.82, 2.24) is 4.90 Å². The lowest BCUT2D eigenvalue weighted by Gasteiger charge is -2.29. The maximum atomic E-state index is 12.7. The van der Waals surface area contributed by atoms with Gasteiger partial charge < -0.3 is 10.4 Å². The normalized spacial score (nSPS) is 19.1. The van der Waals surface area contributed by atoms with E-state index in [4.69, 9.17) is 0 Å². The highest BCUT2D eigenvalue weighted by Crippen LogP contribution is 2.33. The zero-order valence-corrected chi connectivity index (χ0v) is 13.5. The first kappa shape index (κ1) is 16.2. The summed E-state index contributed by atoms with van der Waals surface area (Å²) in [4.78, 5) is 37.3. The number of aliphatic hydroxyl groups is 1. The van der Waals surface area contributed by atoms with Crippen molar-refractivity contribution in [3.8, 4) is 0 Å². The molecule has 6 heteroatoms. The third-order valence-corrected chi connectivity index (χ3v) is 4.52. The smallest absolute Gasteiger partial charge is 0.296 e. The number of imide groups is 1. The van der Waals surface area contributed by atoms with Crippen molar-refractivity contribution in [2.45, 2.75) is 45.1 Å². The fourth-order valence-electron chi connectivity index (χ4n) is 3.39. The summed E-state index contributed by atoms with van der Waals surface area (Å²) in [5, 5.41) is 12.8. The van der Waals surface area contributed by atoms with Gasteiger partial charge in [-0.25, -0.2) is 0 Å². The lowest BCUT2D eigenvalue weighted by molar-refractivity contribution is -0.141. The molecular formula is C18H20N2O4. The number of anilines is 1. The van der Waals surface area contributed by atoms with Crippen molar-refractivity contribution in [3.05, 3.63) is 35.6 Å². The molecule has 1 heterocycles. The third kappa shape index (κ3) is 2.91. The topological polar surface area (TPSA) is 86.7 Å². The Bertz CT molecular complexity index is 715. The molecule has 0 spiro atoms. The second-order valence-corrected chi connectivity index (χ2v) is 6.25. The summed E-state index contributed by atoms with van der Waals surface area (Å²) in [6, 6.07) is 6.38. The maximum Gasteiger partial charge on any atom is 0.296 e. The van der Waals surface area contributed by atoms with Crippen LogP contribution in [0.1, 0.15) is 44.6 Å².